The maximum absolute atomic E-state index is 12.9. The van der Waals surface area contributed by atoms with Gasteiger partial charge in [0.25, 0.3) is 5.91 Å². The molecule has 0 saturated heterocycles. The summed E-state index contributed by atoms with van der Waals surface area (Å²) in [6, 6.07) is 4.31. The third-order valence-electron chi connectivity index (χ3n) is 2.99. The Bertz CT molecular complexity index is 412. The summed E-state index contributed by atoms with van der Waals surface area (Å²) in [5, 5.41) is 0. The Kier molecular flexibility index (Phi) is 2.95. The normalized spacial score (nSPS) is 14.9. The summed E-state index contributed by atoms with van der Waals surface area (Å²) in [7, 11) is 1.81. The zero-order chi connectivity index (χ0) is 11.7. The van der Waals surface area contributed by atoms with Crippen LogP contribution in [-0.4, -0.2) is 24.4 Å². The second kappa shape index (κ2) is 4.24. The summed E-state index contributed by atoms with van der Waals surface area (Å²) in [4.78, 5) is 13.8. The van der Waals surface area contributed by atoms with Crippen LogP contribution in [0.2, 0.25) is 0 Å². The second-order valence-corrected chi connectivity index (χ2v) is 4.59. The molecule has 0 heterocycles. The molecule has 3 heteroatoms. The maximum atomic E-state index is 12.9. The van der Waals surface area contributed by atoms with E-state index >= 15 is 0 Å². The predicted octanol–water partition coefficient (Wildman–Crippen LogP) is 2.62. The average Bonchev–Trinajstić information content (AvgIpc) is 3.00. The topological polar surface area (TPSA) is 20.3 Å². The molecule has 0 aliphatic heterocycles. The molecule has 0 spiro atoms. The Morgan fingerprint density at radius 2 is 2.19 bits per heavy atom. The van der Waals surface area contributed by atoms with Crippen LogP contribution >= 0.6 is 0 Å². The SMILES string of the molecule is Cc1cc(F)ccc1C(=O)N(C)CC1CC1. The second-order valence-electron chi connectivity index (χ2n) is 4.59. The summed E-state index contributed by atoms with van der Waals surface area (Å²) >= 11 is 0. The summed E-state index contributed by atoms with van der Waals surface area (Å²) in [5.74, 6) is 0.373. The van der Waals surface area contributed by atoms with Crippen LogP contribution in [0, 0.1) is 18.7 Å². The van der Waals surface area contributed by atoms with E-state index in [4.69, 9.17) is 0 Å². The van der Waals surface area contributed by atoms with Crippen LogP contribution < -0.4 is 0 Å². The van der Waals surface area contributed by atoms with Crippen LogP contribution in [0.15, 0.2) is 18.2 Å². The van der Waals surface area contributed by atoms with E-state index in [9.17, 15) is 9.18 Å². The van der Waals surface area contributed by atoms with Gasteiger partial charge in [-0.3, -0.25) is 4.79 Å². The van der Waals surface area contributed by atoms with Gasteiger partial charge in [0.05, 0.1) is 0 Å². The first kappa shape index (κ1) is 11.1. The lowest BCUT2D eigenvalue weighted by Crippen LogP contribution is -2.29. The Hall–Kier alpha value is -1.38. The summed E-state index contributed by atoms with van der Waals surface area (Å²) in [6.45, 7) is 2.58. The smallest absolute Gasteiger partial charge is 0.253 e. The van der Waals surface area contributed by atoms with E-state index in [1.165, 1.54) is 25.0 Å². The van der Waals surface area contributed by atoms with Crippen molar-refractivity contribution in [1.82, 2.24) is 4.90 Å². The number of hydrogen-bond donors (Lipinski definition) is 0. The number of carbonyl (C=O) groups excluding carboxylic acids is 1. The van der Waals surface area contributed by atoms with Crippen molar-refractivity contribution < 1.29 is 9.18 Å². The third-order valence-corrected chi connectivity index (χ3v) is 2.99. The largest absolute Gasteiger partial charge is 0.341 e. The van der Waals surface area contributed by atoms with Gasteiger partial charge in [0.2, 0.25) is 0 Å². The van der Waals surface area contributed by atoms with Crippen molar-refractivity contribution in [1.29, 1.82) is 0 Å². The Morgan fingerprint density at radius 3 is 2.75 bits per heavy atom. The fourth-order valence-corrected chi connectivity index (χ4v) is 1.84. The number of hydrogen-bond acceptors (Lipinski definition) is 1. The highest BCUT2D eigenvalue weighted by Gasteiger charge is 2.25. The van der Waals surface area contributed by atoms with Gasteiger partial charge < -0.3 is 4.90 Å². The number of amides is 1. The molecule has 1 saturated carbocycles. The predicted molar refractivity (Wildman–Crippen MR) is 60.8 cm³/mol. The molecule has 0 unspecified atom stereocenters. The highest BCUT2D eigenvalue weighted by atomic mass is 19.1. The molecule has 2 nitrogen and oxygen atoms in total. The molecule has 2 rings (SSSR count). The molecule has 0 atom stereocenters. The molecule has 86 valence electrons. The number of rotatable bonds is 3. The molecule has 0 radical (unpaired) electrons. The van der Waals surface area contributed by atoms with Crippen molar-refractivity contribution in [3.05, 3.63) is 35.1 Å². The first-order valence-electron chi connectivity index (χ1n) is 5.59. The van der Waals surface area contributed by atoms with E-state index in [0.717, 1.165) is 6.54 Å². The molecule has 1 aromatic rings. The molecule has 1 aliphatic rings. The standard InChI is InChI=1S/C13H16FNO/c1-9-7-11(14)5-6-12(9)13(16)15(2)8-10-3-4-10/h5-7,10H,3-4,8H2,1-2H3. The van der Waals surface area contributed by atoms with Gasteiger partial charge in [0.1, 0.15) is 5.82 Å². The fraction of sp³-hybridized carbons (Fsp3) is 0.462. The molecule has 0 aromatic heterocycles. The Morgan fingerprint density at radius 1 is 1.50 bits per heavy atom. The van der Waals surface area contributed by atoms with Gasteiger partial charge >= 0.3 is 0 Å². The molecule has 0 bridgehead atoms. The van der Waals surface area contributed by atoms with E-state index in [2.05, 4.69) is 0 Å². The lowest BCUT2D eigenvalue weighted by molar-refractivity contribution is 0.0788. The molecule has 0 N–H and O–H groups in total. The maximum Gasteiger partial charge on any atom is 0.253 e. The van der Waals surface area contributed by atoms with Crippen molar-refractivity contribution in [3.8, 4) is 0 Å². The van der Waals surface area contributed by atoms with Gasteiger partial charge in [-0.2, -0.15) is 0 Å². The van der Waals surface area contributed by atoms with Gasteiger partial charge in [0, 0.05) is 19.2 Å². The molecular weight excluding hydrogens is 205 g/mol. The molecule has 1 aliphatic carbocycles. The first-order valence-corrected chi connectivity index (χ1v) is 5.59. The third kappa shape index (κ3) is 2.40. The first-order chi connectivity index (χ1) is 7.58. The highest BCUT2D eigenvalue weighted by molar-refractivity contribution is 5.95. The average molecular weight is 221 g/mol. The van der Waals surface area contributed by atoms with Crippen molar-refractivity contribution in [2.45, 2.75) is 19.8 Å². The van der Waals surface area contributed by atoms with Crippen LogP contribution in [0.25, 0.3) is 0 Å². The Balaban J connectivity index is 2.12. The number of aryl methyl sites for hydroxylation is 1. The Labute approximate surface area is 95.1 Å². The van der Waals surface area contributed by atoms with Gasteiger partial charge in [-0.05, 0) is 49.4 Å². The lowest BCUT2D eigenvalue weighted by atomic mass is 10.1. The number of nitrogens with zero attached hydrogens (tertiary/aromatic N) is 1. The molecule has 1 amide bonds. The van der Waals surface area contributed by atoms with Gasteiger partial charge in [-0.25, -0.2) is 4.39 Å². The minimum atomic E-state index is -0.293. The van der Waals surface area contributed by atoms with E-state index in [0.29, 0.717) is 17.0 Å². The molecular formula is C13H16FNO. The summed E-state index contributed by atoms with van der Waals surface area (Å²) in [5.41, 5.74) is 1.30. The number of carbonyl (C=O) groups is 1. The highest BCUT2D eigenvalue weighted by Crippen LogP contribution is 2.29. The van der Waals surface area contributed by atoms with E-state index < -0.39 is 0 Å². The van der Waals surface area contributed by atoms with Gasteiger partial charge in [-0.1, -0.05) is 0 Å². The zero-order valence-electron chi connectivity index (χ0n) is 9.66. The zero-order valence-corrected chi connectivity index (χ0v) is 9.66. The van der Waals surface area contributed by atoms with Crippen molar-refractivity contribution in [2.75, 3.05) is 13.6 Å². The van der Waals surface area contributed by atoms with Crippen LogP contribution in [0.1, 0.15) is 28.8 Å². The van der Waals surface area contributed by atoms with Crippen LogP contribution in [0.5, 0.6) is 0 Å². The lowest BCUT2D eigenvalue weighted by Gasteiger charge is -2.17. The minimum Gasteiger partial charge on any atom is -0.341 e. The minimum absolute atomic E-state index is 0.00981. The summed E-state index contributed by atoms with van der Waals surface area (Å²) in [6.07, 6.45) is 2.44. The van der Waals surface area contributed by atoms with Gasteiger partial charge in [0.15, 0.2) is 0 Å². The fourth-order valence-electron chi connectivity index (χ4n) is 1.84. The summed E-state index contributed by atoms with van der Waals surface area (Å²) < 4.78 is 12.9. The van der Waals surface area contributed by atoms with Crippen LogP contribution in [0.3, 0.4) is 0 Å². The number of halogens is 1. The molecule has 16 heavy (non-hydrogen) atoms. The van der Waals surface area contributed by atoms with Crippen molar-refractivity contribution in [3.63, 3.8) is 0 Å². The van der Waals surface area contributed by atoms with Crippen molar-refractivity contribution in [2.24, 2.45) is 5.92 Å². The molecule has 1 aromatic carbocycles. The van der Waals surface area contributed by atoms with Crippen molar-refractivity contribution >= 4 is 5.91 Å². The molecule has 1 fully saturated rings. The van der Waals surface area contributed by atoms with E-state index in [-0.39, 0.29) is 11.7 Å². The van der Waals surface area contributed by atoms with Gasteiger partial charge in [-0.15, -0.1) is 0 Å². The number of benzene rings is 1. The van der Waals surface area contributed by atoms with Crippen LogP contribution in [-0.2, 0) is 0 Å². The quantitative estimate of drug-likeness (QED) is 0.768. The monoisotopic (exact) mass is 221 g/mol. The van der Waals surface area contributed by atoms with E-state index in [1.807, 2.05) is 7.05 Å². The van der Waals surface area contributed by atoms with E-state index in [1.54, 1.807) is 17.9 Å². The van der Waals surface area contributed by atoms with Crippen LogP contribution in [0.4, 0.5) is 4.39 Å².